The molecule has 0 aliphatic carbocycles. The highest BCUT2D eigenvalue weighted by Gasteiger charge is 2.17. The number of benzene rings is 2. The quantitative estimate of drug-likeness (QED) is 0.655. The molecule has 0 fully saturated rings. The van der Waals surface area contributed by atoms with Gasteiger partial charge in [0.05, 0.1) is 6.54 Å². The number of rotatable bonds is 5. The normalized spacial score (nSPS) is 14.0. The maximum atomic E-state index is 12.3. The molecule has 5 heteroatoms. The van der Waals surface area contributed by atoms with Crippen molar-refractivity contribution < 1.29 is 9.15 Å². The summed E-state index contributed by atoms with van der Waals surface area (Å²) in [6.45, 7) is 2.73. The van der Waals surface area contributed by atoms with Gasteiger partial charge in [0.25, 0.3) is 0 Å². The van der Waals surface area contributed by atoms with Crippen molar-refractivity contribution in [3.8, 4) is 5.75 Å². The number of hydrogen-bond acceptors (Lipinski definition) is 4. The molecule has 1 aliphatic heterocycles. The molecule has 0 N–H and O–H groups in total. The lowest BCUT2D eigenvalue weighted by Gasteiger charge is -2.28. The Morgan fingerprint density at radius 1 is 1.07 bits per heavy atom. The number of ether oxygens (including phenoxy) is 1. The first-order chi connectivity index (χ1) is 13.2. The van der Waals surface area contributed by atoms with E-state index < -0.39 is 0 Å². The smallest absolute Gasteiger partial charge is 0.227 e. The average molecular weight is 382 g/mol. The molecule has 27 heavy (non-hydrogen) atoms. The van der Waals surface area contributed by atoms with Gasteiger partial charge < -0.3 is 9.15 Å². The number of hydrogen-bond donors (Lipinski definition) is 0. The fourth-order valence-electron chi connectivity index (χ4n) is 3.28. The first-order valence-corrected chi connectivity index (χ1v) is 9.33. The minimum atomic E-state index is -0.164. The van der Waals surface area contributed by atoms with E-state index in [-0.39, 0.29) is 11.2 Å². The van der Waals surface area contributed by atoms with Gasteiger partial charge in [-0.25, -0.2) is 0 Å². The van der Waals surface area contributed by atoms with Crippen LogP contribution in [0.2, 0.25) is 5.02 Å². The van der Waals surface area contributed by atoms with Gasteiger partial charge in [-0.1, -0.05) is 48.0 Å². The summed E-state index contributed by atoms with van der Waals surface area (Å²) in [6, 6.07) is 17.3. The monoisotopic (exact) mass is 381 g/mol. The van der Waals surface area contributed by atoms with Crippen molar-refractivity contribution in [3.63, 3.8) is 0 Å². The lowest BCUT2D eigenvalue weighted by Crippen LogP contribution is -2.30. The van der Waals surface area contributed by atoms with E-state index in [0.29, 0.717) is 23.9 Å². The van der Waals surface area contributed by atoms with E-state index in [0.717, 1.165) is 25.1 Å². The highest BCUT2D eigenvalue weighted by Crippen LogP contribution is 2.20. The van der Waals surface area contributed by atoms with Gasteiger partial charge in [-0.15, -0.1) is 0 Å². The second-order valence-electron chi connectivity index (χ2n) is 6.72. The third-order valence-electron chi connectivity index (χ3n) is 4.75. The minimum absolute atomic E-state index is 0.164. The molecule has 4 nitrogen and oxygen atoms in total. The van der Waals surface area contributed by atoms with E-state index in [2.05, 4.69) is 29.2 Å². The van der Waals surface area contributed by atoms with E-state index in [1.165, 1.54) is 23.5 Å². The van der Waals surface area contributed by atoms with E-state index in [1.54, 1.807) is 12.1 Å². The van der Waals surface area contributed by atoms with Gasteiger partial charge >= 0.3 is 0 Å². The van der Waals surface area contributed by atoms with E-state index in [1.807, 2.05) is 12.1 Å². The zero-order valence-electron chi connectivity index (χ0n) is 14.9. The predicted molar refractivity (Wildman–Crippen MR) is 105 cm³/mol. The summed E-state index contributed by atoms with van der Waals surface area (Å²) >= 11 is 5.87. The second-order valence-corrected chi connectivity index (χ2v) is 7.16. The van der Waals surface area contributed by atoms with Gasteiger partial charge in [0.2, 0.25) is 11.2 Å². The molecule has 4 rings (SSSR count). The fraction of sp³-hybridized carbons (Fsp3) is 0.227. The summed E-state index contributed by atoms with van der Waals surface area (Å²) < 4.78 is 11.2. The highest BCUT2D eigenvalue weighted by atomic mass is 35.5. The van der Waals surface area contributed by atoms with Crippen molar-refractivity contribution in [1.82, 2.24) is 4.90 Å². The summed E-state index contributed by atoms with van der Waals surface area (Å²) in [5, 5.41) is 0.669. The van der Waals surface area contributed by atoms with Gasteiger partial charge in [-0.2, -0.15) is 0 Å². The first kappa shape index (κ1) is 17.8. The maximum Gasteiger partial charge on any atom is 0.227 e. The Morgan fingerprint density at radius 3 is 2.63 bits per heavy atom. The molecular formula is C22H20ClNO3. The molecule has 1 aliphatic rings. The zero-order valence-corrected chi connectivity index (χ0v) is 15.6. The van der Waals surface area contributed by atoms with Crippen LogP contribution in [0.1, 0.15) is 22.5 Å². The molecule has 138 valence electrons. The third-order valence-corrected chi connectivity index (χ3v) is 5.00. The summed E-state index contributed by atoms with van der Waals surface area (Å²) in [6.07, 6.45) is 2.42. The Bertz CT molecular complexity index is 981. The summed E-state index contributed by atoms with van der Waals surface area (Å²) in [5.41, 5.74) is 3.52. The number of halogens is 1. The van der Waals surface area contributed by atoms with Gasteiger partial charge in [0.1, 0.15) is 18.6 Å². The molecule has 0 saturated heterocycles. The van der Waals surface area contributed by atoms with Crippen LogP contribution in [0.25, 0.3) is 0 Å². The molecule has 1 aromatic heterocycles. The number of fused-ring (bicyclic) bond motifs is 1. The Hall–Kier alpha value is -2.56. The largest absolute Gasteiger partial charge is 0.482 e. The van der Waals surface area contributed by atoms with Crippen molar-refractivity contribution >= 4 is 11.6 Å². The molecule has 0 atom stereocenters. The fourth-order valence-corrected chi connectivity index (χ4v) is 3.40. The third kappa shape index (κ3) is 4.41. The SMILES string of the molecule is O=c1cc(CN2CCc3ccccc3C2)occ1OCc1ccc(Cl)cc1. The van der Waals surface area contributed by atoms with Crippen molar-refractivity contribution in [2.75, 3.05) is 6.54 Å². The van der Waals surface area contributed by atoms with Crippen molar-refractivity contribution in [2.45, 2.75) is 26.1 Å². The van der Waals surface area contributed by atoms with Crippen LogP contribution < -0.4 is 10.2 Å². The number of nitrogens with zero attached hydrogens (tertiary/aromatic N) is 1. The predicted octanol–water partition coefficient (Wildman–Crippen LogP) is 4.43. The lowest BCUT2D eigenvalue weighted by molar-refractivity contribution is 0.220. The Labute approximate surface area is 163 Å². The average Bonchev–Trinajstić information content (AvgIpc) is 2.68. The van der Waals surface area contributed by atoms with Gasteiger partial charge in [-0.3, -0.25) is 9.69 Å². The van der Waals surface area contributed by atoms with Crippen LogP contribution in [0.4, 0.5) is 0 Å². The topological polar surface area (TPSA) is 42.7 Å². The first-order valence-electron chi connectivity index (χ1n) is 8.95. The summed E-state index contributed by atoms with van der Waals surface area (Å²) in [5.74, 6) is 0.871. The Kier molecular flexibility index (Phi) is 5.28. The van der Waals surface area contributed by atoms with Gasteiger partial charge in [0.15, 0.2) is 0 Å². The highest BCUT2D eigenvalue weighted by molar-refractivity contribution is 6.30. The van der Waals surface area contributed by atoms with E-state index in [4.69, 9.17) is 20.8 Å². The second kappa shape index (κ2) is 7.99. The maximum absolute atomic E-state index is 12.3. The van der Waals surface area contributed by atoms with Gasteiger partial charge in [-0.05, 0) is 35.2 Å². The molecule has 2 aromatic carbocycles. The lowest BCUT2D eigenvalue weighted by atomic mass is 10.00. The molecule has 3 aromatic rings. The van der Waals surface area contributed by atoms with Crippen LogP contribution in [0.5, 0.6) is 5.75 Å². The van der Waals surface area contributed by atoms with Crippen molar-refractivity contribution in [2.24, 2.45) is 0 Å². The standard InChI is InChI=1S/C22H20ClNO3/c23-19-7-5-16(6-8-19)14-27-22-15-26-20(11-21(22)25)13-24-10-9-17-3-1-2-4-18(17)12-24/h1-8,11,15H,9-10,12-14H2. The summed E-state index contributed by atoms with van der Waals surface area (Å²) in [4.78, 5) is 14.6. The van der Waals surface area contributed by atoms with Crippen LogP contribution in [0, 0.1) is 0 Å². The van der Waals surface area contributed by atoms with Crippen LogP contribution in [0.15, 0.2) is 70.1 Å². The van der Waals surface area contributed by atoms with Crippen LogP contribution in [-0.4, -0.2) is 11.4 Å². The molecular weight excluding hydrogens is 362 g/mol. The van der Waals surface area contributed by atoms with Crippen LogP contribution >= 0.6 is 11.6 Å². The molecule has 2 heterocycles. The Balaban J connectivity index is 1.38. The van der Waals surface area contributed by atoms with Crippen LogP contribution in [0.3, 0.4) is 0 Å². The van der Waals surface area contributed by atoms with Gasteiger partial charge in [0, 0.05) is 24.2 Å². The van der Waals surface area contributed by atoms with Crippen molar-refractivity contribution in [3.05, 3.63) is 98.6 Å². The van der Waals surface area contributed by atoms with E-state index >= 15 is 0 Å². The van der Waals surface area contributed by atoms with Crippen LogP contribution in [-0.2, 0) is 26.1 Å². The molecule has 0 spiro atoms. The van der Waals surface area contributed by atoms with Crippen molar-refractivity contribution in [1.29, 1.82) is 0 Å². The minimum Gasteiger partial charge on any atom is -0.482 e. The molecule has 0 amide bonds. The molecule has 0 unspecified atom stereocenters. The Morgan fingerprint density at radius 2 is 1.85 bits per heavy atom. The zero-order chi connectivity index (χ0) is 18.6. The molecule has 0 saturated carbocycles. The molecule has 0 radical (unpaired) electrons. The molecule has 0 bridgehead atoms. The van der Waals surface area contributed by atoms with E-state index in [9.17, 15) is 4.79 Å². The summed E-state index contributed by atoms with van der Waals surface area (Å²) in [7, 11) is 0.